The van der Waals surface area contributed by atoms with Crippen LogP contribution in [0.25, 0.3) is 5.65 Å². The molecular formula is C20H21N3O2. The van der Waals surface area contributed by atoms with E-state index in [1.165, 1.54) is 0 Å². The Morgan fingerprint density at radius 2 is 2.08 bits per heavy atom. The fraction of sp³-hybridized carbons (Fsp3) is 0.300. The van der Waals surface area contributed by atoms with Gasteiger partial charge < -0.3 is 14.8 Å². The van der Waals surface area contributed by atoms with Crippen LogP contribution in [-0.2, 0) is 12.1 Å². The van der Waals surface area contributed by atoms with E-state index in [0.29, 0.717) is 17.6 Å². The van der Waals surface area contributed by atoms with Gasteiger partial charge in [-0.05, 0) is 50.8 Å². The van der Waals surface area contributed by atoms with Gasteiger partial charge in [0.2, 0.25) is 0 Å². The van der Waals surface area contributed by atoms with Gasteiger partial charge in [-0.2, -0.15) is 0 Å². The van der Waals surface area contributed by atoms with Crippen molar-refractivity contribution < 1.29 is 9.90 Å². The van der Waals surface area contributed by atoms with Crippen LogP contribution < -0.4 is 5.32 Å². The fourth-order valence-electron chi connectivity index (χ4n) is 3.77. The van der Waals surface area contributed by atoms with Crippen molar-refractivity contribution in [3.8, 4) is 0 Å². The first-order chi connectivity index (χ1) is 12.0. The Hall–Kier alpha value is -2.66. The molecule has 0 radical (unpaired) electrons. The summed E-state index contributed by atoms with van der Waals surface area (Å²) in [5.74, 6) is -0.306. The average molecular weight is 335 g/mol. The van der Waals surface area contributed by atoms with E-state index in [0.717, 1.165) is 35.4 Å². The topological polar surface area (TPSA) is 66.6 Å². The lowest BCUT2D eigenvalue weighted by molar-refractivity contribution is -0.0110. The van der Waals surface area contributed by atoms with Gasteiger partial charge in [0.25, 0.3) is 5.91 Å². The second kappa shape index (κ2) is 5.70. The molecular weight excluding hydrogens is 314 g/mol. The second-order valence-electron chi connectivity index (χ2n) is 6.79. The molecule has 0 fully saturated rings. The molecule has 1 aliphatic carbocycles. The molecule has 128 valence electrons. The summed E-state index contributed by atoms with van der Waals surface area (Å²) >= 11 is 0. The molecule has 2 heterocycles. The highest BCUT2D eigenvalue weighted by Gasteiger charge is 2.36. The van der Waals surface area contributed by atoms with Crippen molar-refractivity contribution in [2.45, 2.75) is 38.8 Å². The zero-order valence-corrected chi connectivity index (χ0v) is 14.4. The summed E-state index contributed by atoms with van der Waals surface area (Å²) in [6.45, 7) is 3.89. The molecule has 0 spiro atoms. The number of carbonyl (C=O) groups is 1. The minimum absolute atomic E-state index is 0.306. The van der Waals surface area contributed by atoms with Gasteiger partial charge in [-0.25, -0.2) is 4.98 Å². The maximum atomic E-state index is 12.9. The lowest BCUT2D eigenvalue weighted by atomic mass is 9.84. The number of hydrogen-bond acceptors (Lipinski definition) is 3. The highest BCUT2D eigenvalue weighted by atomic mass is 16.3. The summed E-state index contributed by atoms with van der Waals surface area (Å²) in [5.41, 5.74) is 3.51. The Bertz CT molecular complexity index is 976. The van der Waals surface area contributed by atoms with Crippen molar-refractivity contribution in [1.82, 2.24) is 14.7 Å². The van der Waals surface area contributed by atoms with Crippen LogP contribution in [0.2, 0.25) is 0 Å². The molecule has 25 heavy (non-hydrogen) atoms. The first kappa shape index (κ1) is 15.8. The van der Waals surface area contributed by atoms with E-state index >= 15 is 0 Å². The summed E-state index contributed by atoms with van der Waals surface area (Å²) < 4.78 is 1.89. The first-order valence-electron chi connectivity index (χ1n) is 8.56. The number of hydrogen-bond donors (Lipinski definition) is 2. The van der Waals surface area contributed by atoms with Crippen molar-refractivity contribution >= 4 is 11.6 Å². The smallest absolute Gasteiger partial charge is 0.257 e. The van der Waals surface area contributed by atoms with E-state index < -0.39 is 5.72 Å². The monoisotopic (exact) mass is 335 g/mol. The second-order valence-corrected chi connectivity index (χ2v) is 6.79. The third-order valence-electron chi connectivity index (χ3n) is 4.95. The molecule has 0 aliphatic heterocycles. The predicted molar refractivity (Wildman–Crippen MR) is 95.4 cm³/mol. The lowest BCUT2D eigenvalue weighted by Gasteiger charge is -2.35. The SMILES string of the molecule is Cc1cc(C)n2ccc(C(=O)NC3(O)CCCc4ccccc43)c2n1. The van der Waals surface area contributed by atoms with Crippen LogP contribution in [0.5, 0.6) is 0 Å². The van der Waals surface area contributed by atoms with E-state index in [-0.39, 0.29) is 5.91 Å². The molecule has 0 saturated carbocycles. The first-order valence-corrected chi connectivity index (χ1v) is 8.56. The number of benzene rings is 1. The van der Waals surface area contributed by atoms with Crippen LogP contribution in [0.3, 0.4) is 0 Å². The predicted octanol–water partition coefficient (Wildman–Crippen LogP) is 2.86. The van der Waals surface area contributed by atoms with Crippen molar-refractivity contribution in [3.63, 3.8) is 0 Å². The molecule has 4 rings (SSSR count). The number of aryl methyl sites for hydroxylation is 3. The van der Waals surface area contributed by atoms with Gasteiger partial charge in [-0.1, -0.05) is 24.3 Å². The van der Waals surface area contributed by atoms with E-state index in [1.54, 1.807) is 6.07 Å². The molecule has 0 saturated heterocycles. The van der Waals surface area contributed by atoms with E-state index in [2.05, 4.69) is 10.3 Å². The Balaban J connectivity index is 1.72. The van der Waals surface area contributed by atoms with E-state index in [4.69, 9.17) is 0 Å². The summed E-state index contributed by atoms with van der Waals surface area (Å²) in [6.07, 6.45) is 4.10. The number of fused-ring (bicyclic) bond motifs is 2. The molecule has 0 bridgehead atoms. The number of amides is 1. The zero-order chi connectivity index (χ0) is 17.6. The maximum absolute atomic E-state index is 12.9. The summed E-state index contributed by atoms with van der Waals surface area (Å²) in [4.78, 5) is 17.4. The van der Waals surface area contributed by atoms with Gasteiger partial charge in [0, 0.05) is 23.1 Å². The molecule has 5 heteroatoms. The minimum atomic E-state index is -1.33. The van der Waals surface area contributed by atoms with Crippen molar-refractivity contribution in [1.29, 1.82) is 0 Å². The Morgan fingerprint density at radius 1 is 1.28 bits per heavy atom. The number of nitrogens with zero attached hydrogens (tertiary/aromatic N) is 2. The van der Waals surface area contributed by atoms with Gasteiger partial charge in [0.05, 0.1) is 5.56 Å². The zero-order valence-electron chi connectivity index (χ0n) is 14.4. The highest BCUT2D eigenvalue weighted by Crippen LogP contribution is 2.33. The molecule has 1 aromatic carbocycles. The molecule has 5 nitrogen and oxygen atoms in total. The Labute approximate surface area is 146 Å². The number of rotatable bonds is 2. The summed E-state index contributed by atoms with van der Waals surface area (Å²) in [6, 6.07) is 11.5. The number of nitrogens with one attached hydrogen (secondary N) is 1. The average Bonchev–Trinajstić information content (AvgIpc) is 2.99. The van der Waals surface area contributed by atoms with Crippen LogP contribution in [0, 0.1) is 13.8 Å². The lowest BCUT2D eigenvalue weighted by Crippen LogP contribution is -2.48. The molecule has 1 atom stereocenters. The van der Waals surface area contributed by atoms with E-state index in [1.807, 2.05) is 54.8 Å². The molecule has 2 N–H and O–H groups in total. The van der Waals surface area contributed by atoms with Gasteiger partial charge in [0.1, 0.15) is 5.65 Å². The largest absolute Gasteiger partial charge is 0.367 e. The molecule has 1 unspecified atom stereocenters. The maximum Gasteiger partial charge on any atom is 0.257 e. The van der Waals surface area contributed by atoms with Crippen LogP contribution in [0.1, 0.15) is 45.7 Å². The number of aromatic nitrogens is 2. The van der Waals surface area contributed by atoms with Crippen LogP contribution in [-0.4, -0.2) is 20.4 Å². The minimum Gasteiger partial charge on any atom is -0.367 e. The normalized spacial score (nSPS) is 19.6. The van der Waals surface area contributed by atoms with Crippen molar-refractivity contribution in [3.05, 3.63) is 70.7 Å². The van der Waals surface area contributed by atoms with Gasteiger partial charge in [-0.15, -0.1) is 0 Å². The van der Waals surface area contributed by atoms with Gasteiger partial charge in [0.15, 0.2) is 5.72 Å². The standard InChI is InChI=1S/C20H21N3O2/c1-13-12-14(2)23-11-9-16(18(23)21-13)19(24)22-20(25)10-5-7-15-6-3-4-8-17(15)20/h3-4,6,8-9,11-12,25H,5,7,10H2,1-2H3,(H,22,24). The number of carbonyl (C=O) groups excluding carboxylic acids is 1. The molecule has 1 amide bonds. The van der Waals surface area contributed by atoms with Gasteiger partial charge in [-0.3, -0.25) is 4.79 Å². The third kappa shape index (κ3) is 2.61. The van der Waals surface area contributed by atoms with Crippen LogP contribution >= 0.6 is 0 Å². The Kier molecular flexibility index (Phi) is 3.62. The third-order valence-corrected chi connectivity index (χ3v) is 4.95. The fourth-order valence-corrected chi connectivity index (χ4v) is 3.77. The number of aliphatic hydroxyl groups is 1. The molecule has 3 aromatic rings. The van der Waals surface area contributed by atoms with E-state index in [9.17, 15) is 9.90 Å². The van der Waals surface area contributed by atoms with Crippen LogP contribution in [0.4, 0.5) is 0 Å². The van der Waals surface area contributed by atoms with Crippen molar-refractivity contribution in [2.75, 3.05) is 0 Å². The quantitative estimate of drug-likeness (QED) is 0.708. The highest BCUT2D eigenvalue weighted by molar-refractivity contribution is 6.00. The summed E-state index contributed by atoms with van der Waals surface area (Å²) in [7, 11) is 0. The Morgan fingerprint density at radius 3 is 2.92 bits per heavy atom. The summed E-state index contributed by atoms with van der Waals surface area (Å²) in [5, 5.41) is 14.0. The van der Waals surface area contributed by atoms with Crippen LogP contribution in [0.15, 0.2) is 42.6 Å². The van der Waals surface area contributed by atoms with Crippen molar-refractivity contribution in [2.24, 2.45) is 0 Å². The molecule has 2 aromatic heterocycles. The van der Waals surface area contributed by atoms with Gasteiger partial charge >= 0.3 is 0 Å². The molecule has 1 aliphatic rings.